The number of benzene rings is 2. The van der Waals surface area contributed by atoms with Gasteiger partial charge >= 0.3 is 0 Å². The summed E-state index contributed by atoms with van der Waals surface area (Å²) in [5, 5.41) is 5.97. The minimum Gasteiger partial charge on any atom is -0.493 e. The molecule has 1 fully saturated rings. The van der Waals surface area contributed by atoms with Crippen molar-refractivity contribution in [1.29, 1.82) is 0 Å². The Kier molecular flexibility index (Phi) is 7.71. The standard InChI is InChI=1S/C24H31N3O3/c1-18(2)17-30-22-8-6-7-21(15-22)26-23(28)16-25-20-11-9-19(10-12-20)24(29)27-13-4-3-5-14-27/h6-12,15,18,25H,3-5,13-14,16-17H2,1-2H3,(H,26,28). The smallest absolute Gasteiger partial charge is 0.253 e. The lowest BCUT2D eigenvalue weighted by atomic mass is 10.1. The Morgan fingerprint density at radius 1 is 1.00 bits per heavy atom. The van der Waals surface area contributed by atoms with E-state index in [0.29, 0.717) is 23.8 Å². The number of anilines is 2. The van der Waals surface area contributed by atoms with Gasteiger partial charge in [-0.2, -0.15) is 0 Å². The fourth-order valence-corrected chi connectivity index (χ4v) is 3.32. The van der Waals surface area contributed by atoms with Crippen molar-refractivity contribution in [2.24, 2.45) is 5.92 Å². The summed E-state index contributed by atoms with van der Waals surface area (Å²) >= 11 is 0. The minimum atomic E-state index is -0.149. The van der Waals surface area contributed by atoms with E-state index in [0.717, 1.165) is 37.4 Å². The fraction of sp³-hybridized carbons (Fsp3) is 0.417. The molecule has 3 rings (SSSR count). The van der Waals surface area contributed by atoms with E-state index in [-0.39, 0.29) is 18.4 Å². The van der Waals surface area contributed by atoms with Crippen LogP contribution in [0.25, 0.3) is 0 Å². The summed E-state index contributed by atoms with van der Waals surface area (Å²) in [6.45, 7) is 6.62. The average molecular weight is 410 g/mol. The van der Waals surface area contributed by atoms with Crippen molar-refractivity contribution in [3.63, 3.8) is 0 Å². The number of hydrogen-bond donors (Lipinski definition) is 2. The highest BCUT2D eigenvalue weighted by molar-refractivity contribution is 5.95. The molecule has 2 N–H and O–H groups in total. The zero-order valence-corrected chi connectivity index (χ0v) is 17.8. The van der Waals surface area contributed by atoms with Gasteiger partial charge in [-0.1, -0.05) is 19.9 Å². The monoisotopic (exact) mass is 409 g/mol. The number of nitrogens with one attached hydrogen (secondary N) is 2. The molecular formula is C24H31N3O3. The quantitative estimate of drug-likeness (QED) is 0.678. The Labute approximate surface area is 178 Å². The molecule has 1 heterocycles. The topological polar surface area (TPSA) is 70.7 Å². The minimum absolute atomic E-state index is 0.0820. The van der Waals surface area contributed by atoms with E-state index in [1.807, 2.05) is 53.4 Å². The lowest BCUT2D eigenvalue weighted by Crippen LogP contribution is -2.35. The second-order valence-electron chi connectivity index (χ2n) is 8.06. The molecule has 2 aromatic rings. The predicted molar refractivity (Wildman–Crippen MR) is 120 cm³/mol. The van der Waals surface area contributed by atoms with Crippen LogP contribution in [-0.2, 0) is 4.79 Å². The van der Waals surface area contributed by atoms with E-state index in [2.05, 4.69) is 24.5 Å². The van der Waals surface area contributed by atoms with E-state index in [1.54, 1.807) is 0 Å². The van der Waals surface area contributed by atoms with Crippen LogP contribution >= 0.6 is 0 Å². The van der Waals surface area contributed by atoms with Gasteiger partial charge in [0.2, 0.25) is 5.91 Å². The molecule has 1 saturated heterocycles. The van der Waals surface area contributed by atoms with Crippen LogP contribution in [0.5, 0.6) is 5.75 Å². The van der Waals surface area contributed by atoms with Crippen LogP contribution in [0.4, 0.5) is 11.4 Å². The number of likely N-dealkylation sites (tertiary alicyclic amines) is 1. The van der Waals surface area contributed by atoms with Crippen molar-refractivity contribution in [1.82, 2.24) is 4.90 Å². The second kappa shape index (κ2) is 10.7. The molecule has 30 heavy (non-hydrogen) atoms. The summed E-state index contributed by atoms with van der Waals surface area (Å²) in [7, 11) is 0. The maximum Gasteiger partial charge on any atom is 0.253 e. The third-order valence-electron chi connectivity index (χ3n) is 4.93. The van der Waals surface area contributed by atoms with Gasteiger partial charge in [0, 0.05) is 36.1 Å². The number of nitrogens with zero attached hydrogens (tertiary/aromatic N) is 1. The third-order valence-corrected chi connectivity index (χ3v) is 4.93. The van der Waals surface area contributed by atoms with E-state index >= 15 is 0 Å². The lowest BCUT2D eigenvalue weighted by Gasteiger charge is -2.26. The first kappa shape index (κ1) is 21.7. The summed E-state index contributed by atoms with van der Waals surface area (Å²) in [5.74, 6) is 1.11. The molecule has 0 unspecified atom stereocenters. The van der Waals surface area contributed by atoms with Gasteiger partial charge in [0.05, 0.1) is 13.2 Å². The summed E-state index contributed by atoms with van der Waals surface area (Å²) in [6, 6.07) is 14.7. The fourth-order valence-electron chi connectivity index (χ4n) is 3.32. The van der Waals surface area contributed by atoms with Crippen molar-refractivity contribution in [2.75, 3.05) is 36.9 Å². The Morgan fingerprint density at radius 3 is 2.43 bits per heavy atom. The molecule has 2 amide bonds. The molecule has 1 aliphatic heterocycles. The molecule has 0 aliphatic carbocycles. The normalized spacial score (nSPS) is 13.8. The highest BCUT2D eigenvalue weighted by atomic mass is 16.5. The first-order valence-electron chi connectivity index (χ1n) is 10.7. The Morgan fingerprint density at radius 2 is 1.73 bits per heavy atom. The lowest BCUT2D eigenvalue weighted by molar-refractivity contribution is -0.114. The van der Waals surface area contributed by atoms with Gasteiger partial charge in [-0.25, -0.2) is 0 Å². The number of carbonyl (C=O) groups excluding carboxylic acids is 2. The van der Waals surface area contributed by atoms with Crippen LogP contribution in [0.15, 0.2) is 48.5 Å². The summed E-state index contributed by atoms with van der Waals surface area (Å²) in [4.78, 5) is 26.7. The van der Waals surface area contributed by atoms with Crippen molar-refractivity contribution in [2.45, 2.75) is 33.1 Å². The third kappa shape index (κ3) is 6.51. The van der Waals surface area contributed by atoms with Gasteiger partial charge in [-0.3, -0.25) is 9.59 Å². The molecule has 0 aromatic heterocycles. The Hall–Kier alpha value is -3.02. The maximum absolute atomic E-state index is 12.5. The van der Waals surface area contributed by atoms with Crippen LogP contribution in [0.2, 0.25) is 0 Å². The van der Waals surface area contributed by atoms with Crippen LogP contribution in [0, 0.1) is 5.92 Å². The van der Waals surface area contributed by atoms with Crippen molar-refractivity contribution >= 4 is 23.2 Å². The van der Waals surface area contributed by atoms with Gasteiger partial charge in [0.25, 0.3) is 5.91 Å². The molecule has 0 bridgehead atoms. The molecule has 6 nitrogen and oxygen atoms in total. The number of carbonyl (C=O) groups is 2. The maximum atomic E-state index is 12.5. The van der Waals surface area contributed by atoms with Gasteiger partial charge < -0.3 is 20.3 Å². The highest BCUT2D eigenvalue weighted by Gasteiger charge is 2.17. The zero-order chi connectivity index (χ0) is 21.3. The average Bonchev–Trinajstić information content (AvgIpc) is 2.77. The van der Waals surface area contributed by atoms with Gasteiger partial charge in [0.1, 0.15) is 5.75 Å². The first-order chi connectivity index (χ1) is 14.5. The van der Waals surface area contributed by atoms with Gasteiger partial charge in [-0.05, 0) is 61.6 Å². The molecule has 0 radical (unpaired) electrons. The molecule has 0 spiro atoms. The molecule has 1 aliphatic rings. The molecule has 6 heteroatoms. The van der Waals surface area contributed by atoms with Gasteiger partial charge in [0.15, 0.2) is 0 Å². The van der Waals surface area contributed by atoms with Crippen LogP contribution in [0.3, 0.4) is 0 Å². The summed E-state index contributed by atoms with van der Waals surface area (Å²) in [5.41, 5.74) is 2.19. The predicted octanol–water partition coefficient (Wildman–Crippen LogP) is 4.40. The highest BCUT2D eigenvalue weighted by Crippen LogP contribution is 2.18. The van der Waals surface area contributed by atoms with Crippen LogP contribution in [-0.4, -0.2) is 43.0 Å². The number of rotatable bonds is 8. The van der Waals surface area contributed by atoms with Crippen molar-refractivity contribution < 1.29 is 14.3 Å². The van der Waals surface area contributed by atoms with Crippen LogP contribution < -0.4 is 15.4 Å². The SMILES string of the molecule is CC(C)COc1cccc(NC(=O)CNc2ccc(C(=O)N3CCCCC3)cc2)c1. The number of hydrogen-bond acceptors (Lipinski definition) is 4. The number of ether oxygens (including phenoxy) is 1. The summed E-state index contributed by atoms with van der Waals surface area (Å²) in [6.07, 6.45) is 3.35. The van der Waals surface area contributed by atoms with Gasteiger partial charge in [-0.15, -0.1) is 0 Å². The Bertz CT molecular complexity index is 843. The molecule has 0 atom stereocenters. The van der Waals surface area contributed by atoms with E-state index in [9.17, 15) is 9.59 Å². The van der Waals surface area contributed by atoms with Crippen molar-refractivity contribution in [3.8, 4) is 5.75 Å². The van der Waals surface area contributed by atoms with Crippen molar-refractivity contribution in [3.05, 3.63) is 54.1 Å². The van der Waals surface area contributed by atoms with E-state index in [1.165, 1.54) is 6.42 Å². The second-order valence-corrected chi connectivity index (χ2v) is 8.06. The molecule has 0 saturated carbocycles. The molecule has 2 aromatic carbocycles. The van der Waals surface area contributed by atoms with Crippen LogP contribution in [0.1, 0.15) is 43.5 Å². The van der Waals surface area contributed by atoms with E-state index < -0.39 is 0 Å². The molecular weight excluding hydrogens is 378 g/mol. The largest absolute Gasteiger partial charge is 0.493 e. The first-order valence-corrected chi connectivity index (χ1v) is 10.7. The summed E-state index contributed by atoms with van der Waals surface area (Å²) < 4.78 is 5.70. The number of amides is 2. The van der Waals surface area contributed by atoms with E-state index in [4.69, 9.17) is 4.74 Å². The molecule has 160 valence electrons. The Balaban J connectivity index is 1.47. The number of piperidine rings is 1. The zero-order valence-electron chi connectivity index (χ0n) is 17.8.